The van der Waals surface area contributed by atoms with Crippen LogP contribution in [0, 0.1) is 17.8 Å². The Morgan fingerprint density at radius 1 is 0.957 bits per heavy atom. The molecule has 4 aliphatic rings. The number of rotatable bonds is 5. The predicted octanol–water partition coefficient (Wildman–Crippen LogP) is 2.10. The second-order valence-corrected chi connectivity index (χ2v) is 8.58. The van der Waals surface area contributed by atoms with Crippen LogP contribution in [0.3, 0.4) is 0 Å². The Morgan fingerprint density at radius 3 is 2.22 bits per heavy atom. The Bertz CT molecular complexity index is 412. The van der Waals surface area contributed by atoms with Crippen molar-refractivity contribution in [3.8, 4) is 0 Å². The lowest BCUT2D eigenvalue weighted by atomic mass is 9.92. The van der Waals surface area contributed by atoms with Gasteiger partial charge in [-0.3, -0.25) is 9.69 Å². The third-order valence-corrected chi connectivity index (χ3v) is 6.60. The van der Waals surface area contributed by atoms with Gasteiger partial charge in [-0.25, -0.2) is 0 Å². The Labute approximate surface area is 141 Å². The van der Waals surface area contributed by atoms with Gasteiger partial charge in [0, 0.05) is 18.6 Å². The molecule has 0 aromatic heterocycles. The van der Waals surface area contributed by atoms with Crippen molar-refractivity contribution < 1.29 is 4.79 Å². The SMILES string of the molecule is CN1CCC(N2CCC[C@H](C(=O)NC(C3CC3)C3CC3)C2)CC1. The van der Waals surface area contributed by atoms with E-state index in [0.717, 1.165) is 24.8 Å². The molecule has 4 fully saturated rings. The maximum Gasteiger partial charge on any atom is 0.224 e. The van der Waals surface area contributed by atoms with Crippen molar-refractivity contribution >= 4 is 5.91 Å². The molecule has 2 saturated carbocycles. The van der Waals surface area contributed by atoms with Gasteiger partial charge < -0.3 is 10.2 Å². The zero-order valence-corrected chi connectivity index (χ0v) is 14.7. The number of hydrogen-bond acceptors (Lipinski definition) is 3. The van der Waals surface area contributed by atoms with E-state index in [0.29, 0.717) is 18.0 Å². The van der Waals surface area contributed by atoms with Crippen molar-refractivity contribution in [3.05, 3.63) is 0 Å². The van der Waals surface area contributed by atoms with Crippen LogP contribution in [0.1, 0.15) is 51.4 Å². The summed E-state index contributed by atoms with van der Waals surface area (Å²) in [4.78, 5) is 17.9. The summed E-state index contributed by atoms with van der Waals surface area (Å²) < 4.78 is 0. The molecule has 0 aromatic rings. The van der Waals surface area contributed by atoms with Crippen LogP contribution in [0.4, 0.5) is 0 Å². The van der Waals surface area contributed by atoms with Crippen molar-refractivity contribution in [1.29, 1.82) is 0 Å². The second-order valence-electron chi connectivity index (χ2n) is 8.58. The zero-order chi connectivity index (χ0) is 15.8. The largest absolute Gasteiger partial charge is 0.353 e. The van der Waals surface area contributed by atoms with Crippen molar-refractivity contribution in [1.82, 2.24) is 15.1 Å². The van der Waals surface area contributed by atoms with E-state index in [1.807, 2.05) is 0 Å². The normalized spacial score (nSPS) is 31.5. The highest BCUT2D eigenvalue weighted by atomic mass is 16.2. The Morgan fingerprint density at radius 2 is 1.61 bits per heavy atom. The van der Waals surface area contributed by atoms with Crippen molar-refractivity contribution in [2.24, 2.45) is 17.8 Å². The first-order valence-corrected chi connectivity index (χ1v) is 9.93. The second kappa shape index (κ2) is 6.72. The first-order chi connectivity index (χ1) is 11.2. The Balaban J connectivity index is 1.30. The lowest BCUT2D eigenvalue weighted by Crippen LogP contribution is -2.51. The maximum atomic E-state index is 12.8. The highest BCUT2D eigenvalue weighted by molar-refractivity contribution is 5.79. The first kappa shape index (κ1) is 15.9. The van der Waals surface area contributed by atoms with E-state index < -0.39 is 0 Å². The van der Waals surface area contributed by atoms with Crippen LogP contribution in [0.25, 0.3) is 0 Å². The smallest absolute Gasteiger partial charge is 0.224 e. The van der Waals surface area contributed by atoms with E-state index in [2.05, 4.69) is 22.2 Å². The number of carbonyl (C=O) groups excluding carboxylic acids is 1. The van der Waals surface area contributed by atoms with Crippen LogP contribution in [-0.2, 0) is 4.79 Å². The minimum atomic E-state index is 0.239. The Hall–Kier alpha value is -0.610. The number of piperidine rings is 2. The molecule has 2 saturated heterocycles. The van der Waals surface area contributed by atoms with Gasteiger partial charge in [-0.05, 0) is 89.9 Å². The topological polar surface area (TPSA) is 35.6 Å². The van der Waals surface area contributed by atoms with Gasteiger partial charge in [0.1, 0.15) is 0 Å². The summed E-state index contributed by atoms with van der Waals surface area (Å²) in [6.07, 6.45) is 10.2. The molecule has 4 heteroatoms. The molecule has 2 aliphatic carbocycles. The maximum absolute atomic E-state index is 12.8. The van der Waals surface area contributed by atoms with E-state index >= 15 is 0 Å². The molecule has 23 heavy (non-hydrogen) atoms. The number of nitrogens with zero attached hydrogens (tertiary/aromatic N) is 2. The quantitative estimate of drug-likeness (QED) is 0.843. The highest BCUT2D eigenvalue weighted by Gasteiger charge is 2.43. The lowest BCUT2D eigenvalue weighted by Gasteiger charge is -2.41. The third kappa shape index (κ3) is 3.90. The summed E-state index contributed by atoms with van der Waals surface area (Å²) >= 11 is 0. The molecular formula is C19H33N3O. The van der Waals surface area contributed by atoms with Crippen molar-refractivity contribution in [3.63, 3.8) is 0 Å². The van der Waals surface area contributed by atoms with E-state index in [4.69, 9.17) is 0 Å². The van der Waals surface area contributed by atoms with Gasteiger partial charge in [0.05, 0.1) is 5.92 Å². The van der Waals surface area contributed by atoms with Crippen molar-refractivity contribution in [2.45, 2.75) is 63.5 Å². The third-order valence-electron chi connectivity index (χ3n) is 6.60. The Kier molecular flexibility index (Phi) is 4.64. The molecule has 1 atom stereocenters. The molecule has 0 radical (unpaired) electrons. The lowest BCUT2D eigenvalue weighted by molar-refractivity contribution is -0.128. The van der Waals surface area contributed by atoms with Gasteiger partial charge >= 0.3 is 0 Å². The molecule has 2 aliphatic heterocycles. The number of amides is 1. The van der Waals surface area contributed by atoms with Crippen LogP contribution >= 0.6 is 0 Å². The van der Waals surface area contributed by atoms with E-state index in [9.17, 15) is 4.79 Å². The fourth-order valence-corrected chi connectivity index (χ4v) is 4.73. The van der Waals surface area contributed by atoms with Gasteiger partial charge in [-0.1, -0.05) is 0 Å². The van der Waals surface area contributed by atoms with Crippen LogP contribution in [-0.4, -0.2) is 61.0 Å². The molecule has 130 valence electrons. The predicted molar refractivity (Wildman–Crippen MR) is 92.2 cm³/mol. The molecule has 0 spiro atoms. The summed E-state index contributed by atoms with van der Waals surface area (Å²) in [6, 6.07) is 1.23. The molecule has 1 N–H and O–H groups in total. The van der Waals surface area contributed by atoms with Gasteiger partial charge in [0.2, 0.25) is 5.91 Å². The molecule has 1 amide bonds. The molecule has 4 nitrogen and oxygen atoms in total. The minimum Gasteiger partial charge on any atom is -0.353 e. The fourth-order valence-electron chi connectivity index (χ4n) is 4.73. The monoisotopic (exact) mass is 319 g/mol. The average Bonchev–Trinajstić information content (AvgIpc) is 3.47. The van der Waals surface area contributed by atoms with Gasteiger partial charge in [0.25, 0.3) is 0 Å². The number of hydrogen-bond donors (Lipinski definition) is 1. The van der Waals surface area contributed by atoms with Crippen LogP contribution < -0.4 is 5.32 Å². The number of nitrogens with one attached hydrogen (secondary N) is 1. The summed E-state index contributed by atoms with van der Waals surface area (Å²) in [5.74, 6) is 2.22. The summed E-state index contributed by atoms with van der Waals surface area (Å²) in [5.41, 5.74) is 0. The molecule has 0 aromatic carbocycles. The van der Waals surface area contributed by atoms with Gasteiger partial charge in [0.15, 0.2) is 0 Å². The summed E-state index contributed by atoms with van der Waals surface area (Å²) in [6.45, 7) is 4.63. The fraction of sp³-hybridized carbons (Fsp3) is 0.947. The molecule has 4 rings (SSSR count). The summed E-state index contributed by atoms with van der Waals surface area (Å²) in [5, 5.41) is 3.47. The van der Waals surface area contributed by atoms with E-state index in [-0.39, 0.29) is 5.92 Å². The molecule has 0 bridgehead atoms. The summed E-state index contributed by atoms with van der Waals surface area (Å²) in [7, 11) is 2.22. The van der Waals surface area contributed by atoms with Crippen LogP contribution in [0.2, 0.25) is 0 Å². The van der Waals surface area contributed by atoms with E-state index in [1.165, 1.54) is 64.6 Å². The van der Waals surface area contributed by atoms with Crippen LogP contribution in [0.15, 0.2) is 0 Å². The zero-order valence-electron chi connectivity index (χ0n) is 14.7. The molecule has 0 unspecified atom stereocenters. The molecule has 2 heterocycles. The molecular weight excluding hydrogens is 286 g/mol. The number of carbonyl (C=O) groups is 1. The first-order valence-electron chi connectivity index (χ1n) is 9.93. The van der Waals surface area contributed by atoms with Gasteiger partial charge in [-0.15, -0.1) is 0 Å². The van der Waals surface area contributed by atoms with Gasteiger partial charge in [-0.2, -0.15) is 0 Å². The van der Waals surface area contributed by atoms with E-state index in [1.54, 1.807) is 0 Å². The number of likely N-dealkylation sites (tertiary alicyclic amines) is 2. The highest BCUT2D eigenvalue weighted by Crippen LogP contribution is 2.44. The minimum absolute atomic E-state index is 0.239. The average molecular weight is 319 g/mol. The van der Waals surface area contributed by atoms with Crippen LogP contribution in [0.5, 0.6) is 0 Å². The van der Waals surface area contributed by atoms with Crippen molar-refractivity contribution in [2.75, 3.05) is 33.2 Å². The standard InChI is InChI=1S/C19H33N3O/c1-21-11-8-17(9-12-21)22-10-2-3-16(13-22)19(23)20-18(14-4-5-14)15-6-7-15/h14-18H,2-13H2,1H3,(H,20,23)/t16-/m0/s1.